The fourth-order valence-electron chi connectivity index (χ4n) is 2.50. The Hall–Kier alpha value is -2.17. The second-order valence-electron chi connectivity index (χ2n) is 7.30. The summed E-state index contributed by atoms with van der Waals surface area (Å²) >= 11 is 0. The maximum Gasteiger partial charge on any atom is 0.250 e. The van der Waals surface area contributed by atoms with Crippen molar-refractivity contribution in [3.63, 3.8) is 0 Å². The van der Waals surface area contributed by atoms with E-state index in [0.717, 1.165) is 30.6 Å². The Morgan fingerprint density at radius 3 is 2.39 bits per heavy atom. The second-order valence-corrected chi connectivity index (χ2v) is 7.30. The third-order valence-electron chi connectivity index (χ3n) is 4.12. The molecule has 0 spiro atoms. The average molecular weight is 385 g/mol. The molecule has 0 fully saturated rings. The van der Waals surface area contributed by atoms with E-state index in [9.17, 15) is 4.79 Å². The van der Waals surface area contributed by atoms with E-state index >= 15 is 0 Å². The fraction of sp³-hybridized carbons (Fsp3) is 0.458. The lowest BCUT2D eigenvalue weighted by molar-refractivity contribution is -0.121. The molecule has 0 saturated heterocycles. The summed E-state index contributed by atoms with van der Waals surface area (Å²) < 4.78 is 5.45. The van der Waals surface area contributed by atoms with Crippen LogP contribution < -0.4 is 11.1 Å². The molecule has 0 aliphatic rings. The van der Waals surface area contributed by atoms with Crippen LogP contribution in [0.15, 0.2) is 54.6 Å². The zero-order valence-electron chi connectivity index (χ0n) is 17.6. The Kier molecular flexibility index (Phi) is 12.6. The zero-order valence-corrected chi connectivity index (χ0v) is 17.6. The zero-order chi connectivity index (χ0) is 20.6. The number of amides is 1. The van der Waals surface area contributed by atoms with Gasteiger partial charge in [0.1, 0.15) is 6.61 Å². The molecule has 0 bridgehead atoms. The van der Waals surface area contributed by atoms with Crippen LogP contribution in [0.1, 0.15) is 51.2 Å². The van der Waals surface area contributed by atoms with Crippen LogP contribution in [0.4, 0.5) is 5.69 Å². The minimum Gasteiger partial charge on any atom is -0.367 e. The molecule has 154 valence electrons. The summed E-state index contributed by atoms with van der Waals surface area (Å²) in [5.74, 6) is 0.557. The smallest absolute Gasteiger partial charge is 0.250 e. The Morgan fingerprint density at radius 2 is 1.79 bits per heavy atom. The predicted octanol–water partition coefficient (Wildman–Crippen LogP) is 5.18. The number of anilines is 1. The summed E-state index contributed by atoms with van der Waals surface area (Å²) in [5, 5.41) is 2.89. The molecule has 1 amide bonds. The largest absolute Gasteiger partial charge is 0.367 e. The predicted molar refractivity (Wildman–Crippen MR) is 118 cm³/mol. The first kappa shape index (κ1) is 23.9. The first-order chi connectivity index (χ1) is 13.5. The van der Waals surface area contributed by atoms with Crippen molar-refractivity contribution in [2.45, 2.75) is 53.1 Å². The van der Waals surface area contributed by atoms with Crippen LogP contribution in [0, 0.1) is 5.92 Å². The van der Waals surface area contributed by atoms with Gasteiger partial charge in [0.2, 0.25) is 5.91 Å². The molecule has 4 nitrogen and oxygen atoms in total. The molecule has 2 aromatic carbocycles. The van der Waals surface area contributed by atoms with E-state index in [1.54, 1.807) is 0 Å². The first-order valence-corrected chi connectivity index (χ1v) is 10.3. The average Bonchev–Trinajstić information content (AvgIpc) is 2.69. The number of unbranched alkanes of at least 4 members (excludes halogenated alkanes) is 1. The van der Waals surface area contributed by atoms with Crippen molar-refractivity contribution in [1.82, 2.24) is 0 Å². The Morgan fingerprint density at radius 1 is 1.07 bits per heavy atom. The quantitative estimate of drug-likeness (QED) is 0.593. The number of benzene rings is 2. The molecule has 2 rings (SSSR count). The fourth-order valence-corrected chi connectivity index (χ4v) is 2.50. The Labute approximate surface area is 170 Å². The number of carbonyl (C=O) groups excluding carboxylic acids is 1. The van der Waals surface area contributed by atoms with Gasteiger partial charge in [-0.25, -0.2) is 0 Å². The normalized spacial score (nSPS) is 10.3. The summed E-state index contributed by atoms with van der Waals surface area (Å²) in [6.45, 7) is 7.92. The molecule has 3 N–H and O–H groups in total. The third-order valence-corrected chi connectivity index (χ3v) is 4.12. The van der Waals surface area contributed by atoms with Gasteiger partial charge in [-0.05, 0) is 55.0 Å². The highest BCUT2D eigenvalue weighted by molar-refractivity contribution is 5.91. The number of rotatable bonds is 10. The van der Waals surface area contributed by atoms with E-state index in [4.69, 9.17) is 10.5 Å². The lowest BCUT2D eigenvalue weighted by Gasteiger charge is -2.09. The van der Waals surface area contributed by atoms with Crippen molar-refractivity contribution >= 4 is 11.6 Å². The third kappa shape index (κ3) is 11.5. The molecule has 28 heavy (non-hydrogen) atoms. The minimum absolute atomic E-state index is 0.0606. The number of aryl methyl sites for hydroxylation is 1. The SMILES string of the molecule is CC(C)CCc1cccc(NC(=O)COCc2ccccc2)c1.CCCCN. The molecule has 0 aliphatic carbocycles. The molecule has 0 aromatic heterocycles. The summed E-state index contributed by atoms with van der Waals surface area (Å²) in [7, 11) is 0. The van der Waals surface area contributed by atoms with Crippen molar-refractivity contribution in [3.05, 3.63) is 65.7 Å². The first-order valence-electron chi connectivity index (χ1n) is 10.3. The standard InChI is InChI=1S/C20H25NO2.C4H11N/c1-16(2)11-12-17-9-6-10-19(13-17)21-20(22)15-23-14-18-7-4-3-5-8-18;1-2-3-4-5/h3-10,13,16H,11-12,14-15H2,1-2H3,(H,21,22);2-5H2,1H3. The van der Waals surface area contributed by atoms with Crippen molar-refractivity contribution in [2.75, 3.05) is 18.5 Å². The molecular formula is C24H36N2O2. The van der Waals surface area contributed by atoms with Gasteiger partial charge in [0.05, 0.1) is 6.61 Å². The summed E-state index contributed by atoms with van der Waals surface area (Å²) in [6, 6.07) is 17.9. The van der Waals surface area contributed by atoms with Crippen LogP contribution in [-0.4, -0.2) is 19.1 Å². The lowest BCUT2D eigenvalue weighted by Crippen LogP contribution is -2.18. The maximum absolute atomic E-state index is 11.9. The maximum atomic E-state index is 11.9. The number of nitrogens with one attached hydrogen (secondary N) is 1. The van der Waals surface area contributed by atoms with Crippen LogP contribution in [-0.2, 0) is 22.6 Å². The number of carbonyl (C=O) groups is 1. The van der Waals surface area contributed by atoms with E-state index in [0.29, 0.717) is 12.5 Å². The second kappa shape index (κ2) is 14.8. The lowest BCUT2D eigenvalue weighted by atomic mass is 10.0. The van der Waals surface area contributed by atoms with Gasteiger partial charge < -0.3 is 15.8 Å². The number of hydrogen-bond donors (Lipinski definition) is 2. The summed E-state index contributed by atoms with van der Waals surface area (Å²) in [5.41, 5.74) is 8.29. The van der Waals surface area contributed by atoms with Gasteiger partial charge >= 0.3 is 0 Å². The van der Waals surface area contributed by atoms with E-state index in [1.165, 1.54) is 18.4 Å². The highest BCUT2D eigenvalue weighted by atomic mass is 16.5. The van der Waals surface area contributed by atoms with Crippen molar-refractivity contribution in [3.8, 4) is 0 Å². The van der Waals surface area contributed by atoms with Crippen LogP contribution >= 0.6 is 0 Å². The summed E-state index contributed by atoms with van der Waals surface area (Å²) in [6.07, 6.45) is 4.57. The molecule has 2 aromatic rings. The molecule has 0 unspecified atom stereocenters. The number of nitrogens with two attached hydrogens (primary N) is 1. The van der Waals surface area contributed by atoms with Crippen molar-refractivity contribution in [1.29, 1.82) is 0 Å². The van der Waals surface area contributed by atoms with Gasteiger partial charge in [0, 0.05) is 5.69 Å². The highest BCUT2D eigenvalue weighted by Crippen LogP contribution is 2.14. The molecule has 0 saturated carbocycles. The van der Waals surface area contributed by atoms with Crippen LogP contribution in [0.2, 0.25) is 0 Å². The van der Waals surface area contributed by atoms with Gasteiger partial charge in [-0.1, -0.05) is 69.7 Å². The number of ether oxygens (including phenoxy) is 1. The molecule has 0 aliphatic heterocycles. The summed E-state index contributed by atoms with van der Waals surface area (Å²) in [4.78, 5) is 11.9. The van der Waals surface area contributed by atoms with Gasteiger partial charge in [0.15, 0.2) is 0 Å². The Bertz CT molecular complexity index is 655. The molecule has 4 heteroatoms. The van der Waals surface area contributed by atoms with E-state index in [-0.39, 0.29) is 12.5 Å². The molecule has 0 atom stereocenters. The van der Waals surface area contributed by atoms with Gasteiger partial charge in [0.25, 0.3) is 0 Å². The minimum atomic E-state index is -0.123. The number of hydrogen-bond acceptors (Lipinski definition) is 3. The van der Waals surface area contributed by atoms with Crippen molar-refractivity contribution in [2.24, 2.45) is 11.7 Å². The topological polar surface area (TPSA) is 64.3 Å². The molecule has 0 radical (unpaired) electrons. The van der Waals surface area contributed by atoms with Crippen LogP contribution in [0.25, 0.3) is 0 Å². The molecular weight excluding hydrogens is 348 g/mol. The van der Waals surface area contributed by atoms with E-state index in [1.807, 2.05) is 48.5 Å². The monoisotopic (exact) mass is 384 g/mol. The van der Waals surface area contributed by atoms with Gasteiger partial charge in [-0.3, -0.25) is 4.79 Å². The molecule has 0 heterocycles. The van der Waals surface area contributed by atoms with Crippen LogP contribution in [0.3, 0.4) is 0 Å². The van der Waals surface area contributed by atoms with E-state index < -0.39 is 0 Å². The Balaban J connectivity index is 0.000000696. The van der Waals surface area contributed by atoms with Crippen molar-refractivity contribution < 1.29 is 9.53 Å². The van der Waals surface area contributed by atoms with Gasteiger partial charge in [-0.2, -0.15) is 0 Å². The van der Waals surface area contributed by atoms with Crippen LogP contribution in [0.5, 0.6) is 0 Å². The van der Waals surface area contributed by atoms with Gasteiger partial charge in [-0.15, -0.1) is 0 Å². The highest BCUT2D eigenvalue weighted by Gasteiger charge is 2.04. The van der Waals surface area contributed by atoms with E-state index in [2.05, 4.69) is 32.2 Å².